The van der Waals surface area contributed by atoms with Crippen molar-refractivity contribution >= 4 is 22.6 Å². The highest BCUT2D eigenvalue weighted by molar-refractivity contribution is 6.13. The molecule has 150 valence electrons. The Labute approximate surface area is 174 Å². The van der Waals surface area contributed by atoms with E-state index < -0.39 is 0 Å². The third-order valence-electron chi connectivity index (χ3n) is 4.89. The number of hydrogen-bond acceptors (Lipinski definition) is 5. The first-order valence-corrected chi connectivity index (χ1v) is 9.46. The standard InChI is InChI=1S/C24H21N3O3/c1-15-7-6-12-25-23(15)27-24(28)19-14-21(26-20-9-5-4-8-17(19)20)18-11-10-16(29-2)13-22(18)30-3/h4-14H,1-3H3,(H,25,27,28). The predicted octanol–water partition coefficient (Wildman–Crippen LogP) is 4.87. The minimum absolute atomic E-state index is 0.246. The first-order valence-electron chi connectivity index (χ1n) is 9.46. The lowest BCUT2D eigenvalue weighted by atomic mass is 10.0. The van der Waals surface area contributed by atoms with Gasteiger partial charge in [-0.25, -0.2) is 9.97 Å². The Hall–Kier alpha value is -3.93. The molecule has 4 rings (SSSR count). The fourth-order valence-corrected chi connectivity index (χ4v) is 3.30. The second kappa shape index (κ2) is 8.21. The first kappa shape index (κ1) is 19.4. The molecule has 1 N–H and O–H groups in total. The highest BCUT2D eigenvalue weighted by Gasteiger charge is 2.17. The van der Waals surface area contributed by atoms with Crippen molar-refractivity contribution in [2.75, 3.05) is 19.5 Å². The summed E-state index contributed by atoms with van der Waals surface area (Å²) in [4.78, 5) is 22.2. The molecule has 0 radical (unpaired) electrons. The lowest BCUT2D eigenvalue weighted by Crippen LogP contribution is -2.15. The van der Waals surface area contributed by atoms with Crippen LogP contribution in [0, 0.1) is 6.92 Å². The minimum atomic E-state index is -0.246. The van der Waals surface area contributed by atoms with Gasteiger partial charge in [0.05, 0.1) is 31.0 Å². The summed E-state index contributed by atoms with van der Waals surface area (Å²) in [5, 5.41) is 3.68. The number of carbonyl (C=O) groups is 1. The van der Waals surface area contributed by atoms with Gasteiger partial charge >= 0.3 is 0 Å². The lowest BCUT2D eigenvalue weighted by molar-refractivity contribution is 0.102. The van der Waals surface area contributed by atoms with Gasteiger partial charge in [-0.1, -0.05) is 24.3 Å². The van der Waals surface area contributed by atoms with E-state index in [1.807, 2.05) is 55.5 Å². The number of anilines is 1. The maximum Gasteiger partial charge on any atom is 0.257 e. The third-order valence-corrected chi connectivity index (χ3v) is 4.89. The van der Waals surface area contributed by atoms with Crippen LogP contribution in [0.15, 0.2) is 66.9 Å². The molecule has 0 saturated carbocycles. The number of nitrogens with zero attached hydrogens (tertiary/aromatic N) is 2. The summed E-state index contributed by atoms with van der Waals surface area (Å²) in [6.45, 7) is 1.90. The Morgan fingerprint density at radius 2 is 1.80 bits per heavy atom. The number of aromatic nitrogens is 2. The van der Waals surface area contributed by atoms with Crippen molar-refractivity contribution in [3.8, 4) is 22.8 Å². The van der Waals surface area contributed by atoms with E-state index in [4.69, 9.17) is 14.5 Å². The van der Waals surface area contributed by atoms with Gasteiger partial charge in [-0.05, 0) is 42.8 Å². The van der Waals surface area contributed by atoms with Crippen LogP contribution in [-0.4, -0.2) is 30.1 Å². The maximum atomic E-state index is 13.2. The molecule has 2 heterocycles. The van der Waals surface area contributed by atoms with Crippen molar-refractivity contribution in [3.63, 3.8) is 0 Å². The zero-order chi connectivity index (χ0) is 21.1. The van der Waals surface area contributed by atoms with Crippen molar-refractivity contribution in [1.29, 1.82) is 0 Å². The van der Waals surface area contributed by atoms with Gasteiger partial charge in [0.25, 0.3) is 5.91 Å². The predicted molar refractivity (Wildman–Crippen MR) is 117 cm³/mol. The van der Waals surface area contributed by atoms with E-state index in [0.717, 1.165) is 22.0 Å². The molecule has 0 aliphatic carbocycles. The van der Waals surface area contributed by atoms with Crippen LogP contribution < -0.4 is 14.8 Å². The van der Waals surface area contributed by atoms with Gasteiger partial charge in [0, 0.05) is 23.2 Å². The number of nitrogens with one attached hydrogen (secondary N) is 1. The number of fused-ring (bicyclic) bond motifs is 1. The molecule has 4 aromatic rings. The van der Waals surface area contributed by atoms with Crippen LogP contribution in [0.4, 0.5) is 5.82 Å². The van der Waals surface area contributed by atoms with Crippen LogP contribution in [0.2, 0.25) is 0 Å². The average molecular weight is 399 g/mol. The second-order valence-electron chi connectivity index (χ2n) is 6.76. The Morgan fingerprint density at radius 3 is 2.57 bits per heavy atom. The molecular weight excluding hydrogens is 378 g/mol. The average Bonchev–Trinajstić information content (AvgIpc) is 2.79. The van der Waals surface area contributed by atoms with E-state index in [1.165, 1.54) is 0 Å². The Bertz CT molecular complexity index is 1240. The molecule has 0 aliphatic rings. The number of aryl methyl sites for hydroxylation is 1. The topological polar surface area (TPSA) is 73.3 Å². The molecule has 0 aliphatic heterocycles. The summed E-state index contributed by atoms with van der Waals surface area (Å²) in [6, 6.07) is 18.6. The molecule has 0 bridgehead atoms. The fourth-order valence-electron chi connectivity index (χ4n) is 3.30. The zero-order valence-corrected chi connectivity index (χ0v) is 17.0. The van der Waals surface area contributed by atoms with Crippen LogP contribution in [0.25, 0.3) is 22.2 Å². The van der Waals surface area contributed by atoms with Gasteiger partial charge < -0.3 is 14.8 Å². The largest absolute Gasteiger partial charge is 0.497 e. The quantitative estimate of drug-likeness (QED) is 0.518. The Balaban J connectivity index is 1.85. The number of rotatable bonds is 5. The molecular formula is C24H21N3O3. The van der Waals surface area contributed by atoms with Crippen LogP contribution in [0.5, 0.6) is 11.5 Å². The summed E-state index contributed by atoms with van der Waals surface area (Å²) in [5.74, 6) is 1.58. The number of carbonyl (C=O) groups excluding carboxylic acids is 1. The summed E-state index contributed by atoms with van der Waals surface area (Å²) >= 11 is 0. The zero-order valence-electron chi connectivity index (χ0n) is 17.0. The van der Waals surface area contributed by atoms with Crippen LogP contribution in [0.3, 0.4) is 0 Å². The van der Waals surface area contributed by atoms with Crippen LogP contribution in [0.1, 0.15) is 15.9 Å². The van der Waals surface area contributed by atoms with E-state index in [1.54, 1.807) is 32.5 Å². The van der Waals surface area contributed by atoms with E-state index >= 15 is 0 Å². The number of methoxy groups -OCH3 is 2. The minimum Gasteiger partial charge on any atom is -0.497 e. The Kier molecular flexibility index (Phi) is 5.30. The van der Waals surface area contributed by atoms with Crippen molar-refractivity contribution in [2.24, 2.45) is 0 Å². The van der Waals surface area contributed by atoms with Gasteiger partial charge in [-0.2, -0.15) is 0 Å². The summed E-state index contributed by atoms with van der Waals surface area (Å²) in [6.07, 6.45) is 1.65. The molecule has 6 heteroatoms. The van der Waals surface area contributed by atoms with Gasteiger partial charge in [0.2, 0.25) is 0 Å². The van der Waals surface area contributed by atoms with E-state index in [-0.39, 0.29) is 5.91 Å². The molecule has 0 fully saturated rings. The maximum absolute atomic E-state index is 13.2. The van der Waals surface area contributed by atoms with Crippen LogP contribution >= 0.6 is 0 Å². The number of benzene rings is 2. The third kappa shape index (κ3) is 3.67. The van der Waals surface area contributed by atoms with Gasteiger partial charge in [0.15, 0.2) is 0 Å². The molecule has 6 nitrogen and oxygen atoms in total. The second-order valence-corrected chi connectivity index (χ2v) is 6.76. The molecule has 0 spiro atoms. The SMILES string of the molecule is COc1ccc(-c2cc(C(=O)Nc3ncccc3C)c3ccccc3n2)c(OC)c1. The first-order chi connectivity index (χ1) is 14.6. The monoisotopic (exact) mass is 399 g/mol. The van der Waals surface area contributed by atoms with Gasteiger partial charge in [0.1, 0.15) is 17.3 Å². The van der Waals surface area contributed by atoms with E-state index in [2.05, 4.69) is 10.3 Å². The summed E-state index contributed by atoms with van der Waals surface area (Å²) < 4.78 is 10.8. The van der Waals surface area contributed by atoms with Crippen LogP contribution in [-0.2, 0) is 0 Å². The molecule has 0 unspecified atom stereocenters. The molecule has 0 atom stereocenters. The number of ether oxygens (including phenoxy) is 2. The van der Waals surface area contributed by atoms with E-state index in [9.17, 15) is 4.79 Å². The summed E-state index contributed by atoms with van der Waals surface area (Å²) in [7, 11) is 3.20. The molecule has 2 aromatic heterocycles. The Morgan fingerprint density at radius 1 is 0.967 bits per heavy atom. The highest BCUT2D eigenvalue weighted by atomic mass is 16.5. The van der Waals surface area contributed by atoms with Crippen molar-refractivity contribution in [2.45, 2.75) is 6.92 Å². The number of hydrogen-bond donors (Lipinski definition) is 1. The number of amides is 1. The number of pyridine rings is 2. The van der Waals surface area contributed by atoms with E-state index in [0.29, 0.717) is 28.6 Å². The lowest BCUT2D eigenvalue weighted by Gasteiger charge is -2.13. The number of para-hydroxylation sites is 1. The van der Waals surface area contributed by atoms with Crippen molar-refractivity contribution in [1.82, 2.24) is 9.97 Å². The molecule has 2 aromatic carbocycles. The van der Waals surface area contributed by atoms with Gasteiger partial charge in [-0.3, -0.25) is 4.79 Å². The van der Waals surface area contributed by atoms with Crippen molar-refractivity contribution < 1.29 is 14.3 Å². The molecule has 1 amide bonds. The van der Waals surface area contributed by atoms with Crippen molar-refractivity contribution in [3.05, 3.63) is 78.0 Å². The summed E-state index contributed by atoms with van der Waals surface area (Å²) in [5.41, 5.74) is 3.53. The molecule has 30 heavy (non-hydrogen) atoms. The highest BCUT2D eigenvalue weighted by Crippen LogP contribution is 2.34. The van der Waals surface area contributed by atoms with Gasteiger partial charge in [-0.15, -0.1) is 0 Å². The normalized spacial score (nSPS) is 10.6. The molecule has 0 saturated heterocycles. The fraction of sp³-hybridized carbons (Fsp3) is 0.125. The smallest absolute Gasteiger partial charge is 0.257 e.